The van der Waals surface area contributed by atoms with Crippen molar-refractivity contribution in [3.8, 4) is 0 Å². The standard InChI is InChI=1S/C18H27BO3/c1-13-10-14(16-8-6-7-9-20-16)12-15(11-13)19-21-17(2,3)18(4,5)22-19/h10-12,16H,6-9H2,1-5H3. The van der Waals surface area contributed by atoms with E-state index in [1.54, 1.807) is 0 Å². The first-order valence-corrected chi connectivity index (χ1v) is 8.37. The molecule has 2 fully saturated rings. The first-order valence-electron chi connectivity index (χ1n) is 8.37. The maximum absolute atomic E-state index is 6.18. The third-order valence-electron chi connectivity index (χ3n) is 5.20. The molecule has 2 heterocycles. The zero-order valence-electron chi connectivity index (χ0n) is 14.4. The van der Waals surface area contributed by atoms with Crippen molar-refractivity contribution in [1.29, 1.82) is 0 Å². The van der Waals surface area contributed by atoms with E-state index < -0.39 is 0 Å². The van der Waals surface area contributed by atoms with Gasteiger partial charge in [0.2, 0.25) is 0 Å². The average Bonchev–Trinajstić information content (AvgIpc) is 2.68. The van der Waals surface area contributed by atoms with Gasteiger partial charge in [0.1, 0.15) is 0 Å². The summed E-state index contributed by atoms with van der Waals surface area (Å²) >= 11 is 0. The fourth-order valence-electron chi connectivity index (χ4n) is 3.15. The van der Waals surface area contributed by atoms with Gasteiger partial charge in [-0.3, -0.25) is 0 Å². The molecule has 1 unspecified atom stereocenters. The van der Waals surface area contributed by atoms with E-state index in [-0.39, 0.29) is 24.4 Å². The highest BCUT2D eigenvalue weighted by molar-refractivity contribution is 6.62. The summed E-state index contributed by atoms with van der Waals surface area (Å²) < 4.78 is 18.3. The molecule has 2 aliphatic heterocycles. The molecule has 0 aliphatic carbocycles. The van der Waals surface area contributed by atoms with Crippen molar-refractivity contribution in [3.05, 3.63) is 29.3 Å². The van der Waals surface area contributed by atoms with Crippen LogP contribution in [0.25, 0.3) is 0 Å². The van der Waals surface area contributed by atoms with E-state index in [9.17, 15) is 0 Å². The molecule has 0 bridgehead atoms. The van der Waals surface area contributed by atoms with Gasteiger partial charge < -0.3 is 14.0 Å². The number of benzene rings is 1. The number of hydrogen-bond acceptors (Lipinski definition) is 3. The first-order chi connectivity index (χ1) is 10.3. The fraction of sp³-hybridized carbons (Fsp3) is 0.667. The second kappa shape index (κ2) is 5.66. The van der Waals surface area contributed by atoms with Crippen molar-refractivity contribution in [2.75, 3.05) is 6.61 Å². The Balaban J connectivity index is 1.87. The van der Waals surface area contributed by atoms with E-state index in [4.69, 9.17) is 14.0 Å². The molecule has 1 aromatic carbocycles. The Bertz CT molecular complexity index is 531. The van der Waals surface area contributed by atoms with Crippen molar-refractivity contribution < 1.29 is 14.0 Å². The van der Waals surface area contributed by atoms with E-state index in [1.807, 2.05) is 0 Å². The molecule has 3 rings (SSSR count). The summed E-state index contributed by atoms with van der Waals surface area (Å²) in [6.45, 7) is 11.4. The molecule has 1 aromatic rings. The summed E-state index contributed by atoms with van der Waals surface area (Å²) in [5.74, 6) is 0. The minimum Gasteiger partial charge on any atom is -0.399 e. The SMILES string of the molecule is Cc1cc(B2OC(C)(C)C(C)(C)O2)cc(C2CCCCO2)c1. The van der Waals surface area contributed by atoms with Gasteiger partial charge in [-0.15, -0.1) is 0 Å². The van der Waals surface area contributed by atoms with Crippen molar-refractivity contribution in [3.63, 3.8) is 0 Å². The molecule has 0 radical (unpaired) electrons. The minimum absolute atomic E-state index is 0.217. The molecule has 0 spiro atoms. The largest absolute Gasteiger partial charge is 0.494 e. The zero-order valence-corrected chi connectivity index (χ0v) is 14.4. The van der Waals surface area contributed by atoms with Crippen LogP contribution in [0.2, 0.25) is 0 Å². The Hall–Kier alpha value is -0.835. The molecule has 22 heavy (non-hydrogen) atoms. The lowest BCUT2D eigenvalue weighted by atomic mass is 9.77. The van der Waals surface area contributed by atoms with Gasteiger partial charge in [-0.05, 0) is 64.9 Å². The van der Waals surface area contributed by atoms with E-state index in [2.05, 4.69) is 52.8 Å². The second-order valence-corrected chi connectivity index (χ2v) is 7.62. The summed E-state index contributed by atoms with van der Waals surface area (Å²) in [6.07, 6.45) is 3.73. The van der Waals surface area contributed by atoms with Crippen LogP contribution in [0.4, 0.5) is 0 Å². The van der Waals surface area contributed by atoms with Crippen LogP contribution < -0.4 is 5.46 Å². The zero-order chi connectivity index (χ0) is 16.0. The summed E-state index contributed by atoms with van der Waals surface area (Å²) in [5.41, 5.74) is 2.98. The highest BCUT2D eigenvalue weighted by atomic mass is 16.7. The summed E-state index contributed by atoms with van der Waals surface area (Å²) in [5, 5.41) is 0. The molecule has 0 saturated carbocycles. The van der Waals surface area contributed by atoms with Gasteiger partial charge in [-0.2, -0.15) is 0 Å². The Kier molecular flexibility index (Phi) is 4.13. The maximum atomic E-state index is 6.18. The lowest BCUT2D eigenvalue weighted by Gasteiger charge is -2.32. The molecule has 0 amide bonds. The van der Waals surface area contributed by atoms with Crippen LogP contribution in [0.3, 0.4) is 0 Å². The van der Waals surface area contributed by atoms with Gasteiger partial charge in [-0.1, -0.05) is 23.8 Å². The van der Waals surface area contributed by atoms with E-state index in [1.165, 1.54) is 24.0 Å². The monoisotopic (exact) mass is 302 g/mol. The van der Waals surface area contributed by atoms with Crippen molar-refractivity contribution >= 4 is 12.6 Å². The summed E-state index contributed by atoms with van der Waals surface area (Å²) in [6, 6.07) is 6.59. The second-order valence-electron chi connectivity index (χ2n) is 7.62. The van der Waals surface area contributed by atoms with Crippen LogP contribution >= 0.6 is 0 Å². The highest BCUT2D eigenvalue weighted by Crippen LogP contribution is 2.37. The molecular weight excluding hydrogens is 275 g/mol. The summed E-state index contributed by atoms with van der Waals surface area (Å²) in [4.78, 5) is 0. The van der Waals surface area contributed by atoms with Crippen LogP contribution in [-0.4, -0.2) is 24.9 Å². The predicted molar refractivity (Wildman–Crippen MR) is 89.4 cm³/mol. The molecule has 2 saturated heterocycles. The normalized spacial score (nSPS) is 27.1. The third kappa shape index (κ3) is 2.97. The Morgan fingerprint density at radius 2 is 1.68 bits per heavy atom. The minimum atomic E-state index is -0.303. The quantitative estimate of drug-likeness (QED) is 0.782. The lowest BCUT2D eigenvalue weighted by molar-refractivity contribution is 0.00578. The van der Waals surface area contributed by atoms with Crippen LogP contribution in [0.5, 0.6) is 0 Å². The predicted octanol–water partition coefficient (Wildman–Crippen LogP) is 3.54. The van der Waals surface area contributed by atoms with Crippen LogP contribution in [0, 0.1) is 6.92 Å². The molecule has 3 nitrogen and oxygen atoms in total. The van der Waals surface area contributed by atoms with Gasteiger partial charge in [-0.25, -0.2) is 0 Å². The van der Waals surface area contributed by atoms with E-state index in [0.29, 0.717) is 0 Å². The van der Waals surface area contributed by atoms with Gasteiger partial charge >= 0.3 is 7.12 Å². The Labute approximate surface area is 134 Å². The smallest absolute Gasteiger partial charge is 0.399 e. The van der Waals surface area contributed by atoms with Crippen molar-refractivity contribution in [2.45, 2.75) is 71.2 Å². The highest BCUT2D eigenvalue weighted by Gasteiger charge is 2.51. The molecule has 1 atom stereocenters. The van der Waals surface area contributed by atoms with E-state index in [0.717, 1.165) is 18.5 Å². The Morgan fingerprint density at radius 3 is 2.27 bits per heavy atom. The Morgan fingerprint density at radius 1 is 1.00 bits per heavy atom. The van der Waals surface area contributed by atoms with Crippen LogP contribution in [0.15, 0.2) is 18.2 Å². The third-order valence-corrected chi connectivity index (χ3v) is 5.20. The van der Waals surface area contributed by atoms with Gasteiger partial charge in [0.25, 0.3) is 0 Å². The van der Waals surface area contributed by atoms with Gasteiger partial charge in [0.05, 0.1) is 17.3 Å². The topological polar surface area (TPSA) is 27.7 Å². The molecule has 120 valence electrons. The first kappa shape index (κ1) is 16.0. The average molecular weight is 302 g/mol. The van der Waals surface area contributed by atoms with Crippen LogP contribution in [-0.2, 0) is 14.0 Å². The van der Waals surface area contributed by atoms with E-state index >= 15 is 0 Å². The van der Waals surface area contributed by atoms with Gasteiger partial charge in [0, 0.05) is 6.61 Å². The fourth-order valence-corrected chi connectivity index (χ4v) is 3.15. The maximum Gasteiger partial charge on any atom is 0.494 e. The lowest BCUT2D eigenvalue weighted by Crippen LogP contribution is -2.41. The molecule has 4 heteroatoms. The number of ether oxygens (including phenoxy) is 1. The van der Waals surface area contributed by atoms with Crippen molar-refractivity contribution in [1.82, 2.24) is 0 Å². The molecule has 0 aromatic heterocycles. The molecule has 0 N–H and O–H groups in total. The summed E-state index contributed by atoms with van der Waals surface area (Å²) in [7, 11) is -0.299. The van der Waals surface area contributed by atoms with Crippen molar-refractivity contribution in [2.24, 2.45) is 0 Å². The number of rotatable bonds is 2. The number of aryl methyl sites for hydroxylation is 1. The molecule has 2 aliphatic rings. The van der Waals surface area contributed by atoms with Crippen LogP contribution in [0.1, 0.15) is 64.2 Å². The molecular formula is C18H27BO3. The number of hydrogen-bond donors (Lipinski definition) is 0. The van der Waals surface area contributed by atoms with Gasteiger partial charge in [0.15, 0.2) is 0 Å².